The first-order chi connectivity index (χ1) is 15.5. The summed E-state index contributed by atoms with van der Waals surface area (Å²) in [5.74, 6) is -0.390. The van der Waals surface area contributed by atoms with E-state index in [0.29, 0.717) is 28.7 Å². The van der Waals surface area contributed by atoms with E-state index in [0.717, 1.165) is 15.6 Å². The molecule has 5 nitrogen and oxygen atoms in total. The predicted molar refractivity (Wildman–Crippen MR) is 128 cm³/mol. The third-order valence-corrected chi connectivity index (χ3v) is 7.27. The molecule has 3 atom stereocenters. The Labute approximate surface area is 196 Å². The van der Waals surface area contributed by atoms with Crippen molar-refractivity contribution < 1.29 is 19.1 Å². The predicted octanol–water partition coefficient (Wildman–Crippen LogP) is 5.58. The number of rotatable bonds is 7. The summed E-state index contributed by atoms with van der Waals surface area (Å²) in [5, 5.41) is 4.40. The van der Waals surface area contributed by atoms with Gasteiger partial charge in [-0.25, -0.2) is 0 Å². The van der Waals surface area contributed by atoms with E-state index in [1.54, 1.807) is 14.0 Å². The number of hydrogen-bond donors (Lipinski definition) is 1. The van der Waals surface area contributed by atoms with Crippen molar-refractivity contribution in [2.75, 3.05) is 13.7 Å². The SMILES string of the molecule is CCOC(=O)[C@H](c1cccc(OC)c1)[C@H]1C=C[C@H](NC(=O)c2sc3ccccc3c2Cl)C1. The number of esters is 1. The van der Waals surface area contributed by atoms with Crippen LogP contribution in [0.4, 0.5) is 0 Å². The molecule has 1 amide bonds. The minimum Gasteiger partial charge on any atom is -0.497 e. The van der Waals surface area contributed by atoms with Crippen LogP contribution in [0.5, 0.6) is 5.75 Å². The molecular weight excluding hydrogens is 446 g/mol. The second-order valence-electron chi connectivity index (χ2n) is 7.61. The number of halogens is 1. The first-order valence-corrected chi connectivity index (χ1v) is 11.7. The number of nitrogens with one attached hydrogen (secondary N) is 1. The van der Waals surface area contributed by atoms with Gasteiger partial charge in [-0.05, 0) is 43.0 Å². The zero-order chi connectivity index (χ0) is 22.7. The Bertz CT molecular complexity index is 1170. The van der Waals surface area contributed by atoms with Crippen molar-refractivity contribution in [3.63, 3.8) is 0 Å². The lowest BCUT2D eigenvalue weighted by Gasteiger charge is -2.23. The Morgan fingerprint density at radius 1 is 1.19 bits per heavy atom. The average Bonchev–Trinajstić information content (AvgIpc) is 3.39. The van der Waals surface area contributed by atoms with Gasteiger partial charge in [0.15, 0.2) is 0 Å². The number of fused-ring (bicyclic) bond motifs is 1. The first-order valence-electron chi connectivity index (χ1n) is 10.5. The lowest BCUT2D eigenvalue weighted by Crippen LogP contribution is -2.33. The van der Waals surface area contributed by atoms with Crippen molar-refractivity contribution in [1.29, 1.82) is 0 Å². The minimum atomic E-state index is -0.476. The molecule has 0 saturated heterocycles. The lowest BCUT2D eigenvalue weighted by atomic mass is 9.85. The van der Waals surface area contributed by atoms with E-state index in [1.165, 1.54) is 11.3 Å². The summed E-state index contributed by atoms with van der Waals surface area (Å²) < 4.78 is 11.7. The standard InChI is InChI=1S/C25H24ClNO4S/c1-3-31-25(29)21(15-7-6-8-18(14-15)30-2)16-11-12-17(13-16)27-24(28)23-22(26)19-9-4-5-10-20(19)32-23/h4-12,14,16-17,21H,3,13H2,1-2H3,(H,27,28)/t16-,17-,21+/m0/s1. The van der Waals surface area contributed by atoms with Gasteiger partial charge in [0.05, 0.1) is 24.7 Å². The second-order valence-corrected chi connectivity index (χ2v) is 9.04. The van der Waals surface area contributed by atoms with Crippen LogP contribution in [-0.4, -0.2) is 31.6 Å². The van der Waals surface area contributed by atoms with E-state index in [4.69, 9.17) is 21.1 Å². The third-order valence-electron chi connectivity index (χ3n) is 5.60. The molecule has 0 saturated carbocycles. The zero-order valence-electron chi connectivity index (χ0n) is 17.8. The van der Waals surface area contributed by atoms with Gasteiger partial charge in [0.2, 0.25) is 0 Å². The van der Waals surface area contributed by atoms with E-state index in [1.807, 2.05) is 60.7 Å². The zero-order valence-corrected chi connectivity index (χ0v) is 19.4. The molecule has 0 radical (unpaired) electrons. The summed E-state index contributed by atoms with van der Waals surface area (Å²) in [5.41, 5.74) is 0.831. The second kappa shape index (κ2) is 9.76. The molecule has 0 spiro atoms. The van der Waals surface area contributed by atoms with Crippen LogP contribution in [-0.2, 0) is 9.53 Å². The molecule has 1 aromatic heterocycles. The molecule has 7 heteroatoms. The molecular formula is C25H24ClNO4S. The topological polar surface area (TPSA) is 64.6 Å². The molecule has 1 heterocycles. The molecule has 2 aromatic carbocycles. The van der Waals surface area contributed by atoms with Crippen LogP contribution in [0.15, 0.2) is 60.7 Å². The van der Waals surface area contributed by atoms with Crippen molar-refractivity contribution in [2.45, 2.75) is 25.3 Å². The quantitative estimate of drug-likeness (QED) is 0.362. The van der Waals surface area contributed by atoms with Crippen LogP contribution in [0, 0.1) is 5.92 Å². The molecule has 0 unspecified atom stereocenters. The summed E-state index contributed by atoms with van der Waals surface area (Å²) in [6, 6.07) is 15.0. The van der Waals surface area contributed by atoms with Crippen LogP contribution in [0.25, 0.3) is 10.1 Å². The van der Waals surface area contributed by atoms with Gasteiger partial charge in [-0.3, -0.25) is 9.59 Å². The van der Waals surface area contributed by atoms with Crippen molar-refractivity contribution in [3.8, 4) is 5.75 Å². The highest BCUT2D eigenvalue weighted by Gasteiger charge is 2.35. The van der Waals surface area contributed by atoms with Gasteiger partial charge in [-0.1, -0.05) is 54.1 Å². The first kappa shape index (κ1) is 22.4. The number of benzene rings is 2. The lowest BCUT2D eigenvalue weighted by molar-refractivity contribution is -0.146. The molecule has 3 aromatic rings. The van der Waals surface area contributed by atoms with Gasteiger partial charge in [0.1, 0.15) is 10.6 Å². The normalized spacial score (nSPS) is 18.5. The number of ether oxygens (including phenoxy) is 2. The van der Waals surface area contributed by atoms with Gasteiger partial charge in [-0.2, -0.15) is 0 Å². The summed E-state index contributed by atoms with van der Waals surface area (Å²) in [6.45, 7) is 2.10. The maximum Gasteiger partial charge on any atom is 0.314 e. The van der Waals surface area contributed by atoms with E-state index in [-0.39, 0.29) is 23.8 Å². The largest absolute Gasteiger partial charge is 0.497 e. The number of methoxy groups -OCH3 is 1. The highest BCUT2D eigenvalue weighted by molar-refractivity contribution is 7.21. The van der Waals surface area contributed by atoms with Gasteiger partial charge in [0.25, 0.3) is 5.91 Å². The van der Waals surface area contributed by atoms with Crippen LogP contribution in [0.1, 0.15) is 34.5 Å². The number of amides is 1. The molecule has 1 aliphatic carbocycles. The maximum absolute atomic E-state index is 12.9. The average molecular weight is 470 g/mol. The van der Waals surface area contributed by atoms with E-state index in [2.05, 4.69) is 5.32 Å². The van der Waals surface area contributed by atoms with Crippen molar-refractivity contribution in [1.82, 2.24) is 5.32 Å². The van der Waals surface area contributed by atoms with Crippen molar-refractivity contribution >= 4 is 44.9 Å². The number of carbonyl (C=O) groups is 2. The number of hydrogen-bond acceptors (Lipinski definition) is 5. The molecule has 1 N–H and O–H groups in total. The van der Waals surface area contributed by atoms with Gasteiger partial charge in [0, 0.05) is 16.1 Å². The third kappa shape index (κ3) is 4.52. The Kier molecular flexibility index (Phi) is 6.82. The van der Waals surface area contributed by atoms with Crippen LogP contribution in [0.3, 0.4) is 0 Å². The van der Waals surface area contributed by atoms with E-state index >= 15 is 0 Å². The fourth-order valence-electron chi connectivity index (χ4n) is 4.10. The van der Waals surface area contributed by atoms with Gasteiger partial charge < -0.3 is 14.8 Å². The molecule has 166 valence electrons. The summed E-state index contributed by atoms with van der Waals surface area (Å²) in [7, 11) is 1.60. The fourth-order valence-corrected chi connectivity index (χ4v) is 5.52. The minimum absolute atomic E-state index is 0.107. The van der Waals surface area contributed by atoms with Crippen molar-refractivity contribution in [2.24, 2.45) is 5.92 Å². The molecule has 32 heavy (non-hydrogen) atoms. The molecule has 0 fully saturated rings. The van der Waals surface area contributed by atoms with Crippen LogP contribution >= 0.6 is 22.9 Å². The van der Waals surface area contributed by atoms with E-state index < -0.39 is 5.92 Å². The van der Waals surface area contributed by atoms with Crippen molar-refractivity contribution in [3.05, 3.63) is 76.1 Å². The Morgan fingerprint density at radius 2 is 2.00 bits per heavy atom. The van der Waals surface area contributed by atoms with Crippen LogP contribution in [0.2, 0.25) is 5.02 Å². The highest BCUT2D eigenvalue weighted by Crippen LogP contribution is 2.37. The highest BCUT2D eigenvalue weighted by atomic mass is 35.5. The molecule has 0 aliphatic heterocycles. The maximum atomic E-state index is 12.9. The Balaban J connectivity index is 1.51. The smallest absolute Gasteiger partial charge is 0.314 e. The van der Waals surface area contributed by atoms with E-state index in [9.17, 15) is 9.59 Å². The molecule has 0 bridgehead atoms. The number of carbonyl (C=O) groups excluding carboxylic acids is 2. The number of allylic oxidation sites excluding steroid dienone is 1. The fraction of sp³-hybridized carbons (Fsp3) is 0.280. The van der Waals surface area contributed by atoms with Crippen LogP contribution < -0.4 is 10.1 Å². The summed E-state index contributed by atoms with van der Waals surface area (Å²) in [6.07, 6.45) is 4.52. The molecule has 1 aliphatic rings. The monoisotopic (exact) mass is 469 g/mol. The number of thiophene rings is 1. The Hall–Kier alpha value is -2.83. The summed E-state index contributed by atoms with van der Waals surface area (Å²) in [4.78, 5) is 26.3. The Morgan fingerprint density at radius 3 is 2.75 bits per heavy atom. The van der Waals surface area contributed by atoms with Gasteiger partial charge >= 0.3 is 5.97 Å². The molecule has 4 rings (SSSR count). The van der Waals surface area contributed by atoms with Gasteiger partial charge in [-0.15, -0.1) is 11.3 Å². The summed E-state index contributed by atoms with van der Waals surface area (Å²) >= 11 is 7.84.